The maximum Gasteiger partial charge on any atom is 0.232 e. The molecule has 0 bridgehead atoms. The second-order valence-corrected chi connectivity index (χ2v) is 6.92. The average Bonchev–Trinajstić information content (AvgIpc) is 2.88. The van der Waals surface area contributed by atoms with Gasteiger partial charge in [0, 0.05) is 30.0 Å². The monoisotopic (exact) mass is 350 g/mol. The van der Waals surface area contributed by atoms with Crippen molar-refractivity contribution in [1.82, 2.24) is 10.3 Å². The van der Waals surface area contributed by atoms with E-state index in [1.54, 1.807) is 14.0 Å². The van der Waals surface area contributed by atoms with Gasteiger partial charge in [0.25, 0.3) is 0 Å². The molecule has 1 N–H and O–H groups in total. The number of carbonyl (C=O) groups is 1. The van der Waals surface area contributed by atoms with Crippen LogP contribution >= 0.6 is 0 Å². The molecule has 1 heterocycles. The molecule has 0 radical (unpaired) electrons. The molecule has 0 saturated heterocycles. The van der Waals surface area contributed by atoms with Gasteiger partial charge < -0.3 is 14.5 Å². The highest BCUT2D eigenvalue weighted by Gasteiger charge is 2.16. The van der Waals surface area contributed by atoms with Gasteiger partial charge in [0.1, 0.15) is 11.5 Å². The Hall–Kier alpha value is -1.99. The van der Waals surface area contributed by atoms with Crippen LogP contribution in [0, 0.1) is 13.8 Å². The van der Waals surface area contributed by atoms with Gasteiger partial charge in [-0.1, -0.05) is 17.7 Å². The molecule has 130 valence electrons. The summed E-state index contributed by atoms with van der Waals surface area (Å²) in [5.41, 5.74) is 2.61. The number of rotatable bonds is 8. The van der Waals surface area contributed by atoms with E-state index in [4.69, 9.17) is 9.15 Å². The fourth-order valence-electron chi connectivity index (χ4n) is 2.16. The van der Waals surface area contributed by atoms with E-state index < -0.39 is 10.8 Å². The summed E-state index contributed by atoms with van der Waals surface area (Å²) in [7, 11) is 0.219. The fraction of sp³-hybridized carbons (Fsp3) is 0.412. The highest BCUT2D eigenvalue weighted by Crippen LogP contribution is 2.23. The number of amides is 1. The van der Waals surface area contributed by atoms with Gasteiger partial charge in [0.15, 0.2) is 0 Å². The summed E-state index contributed by atoms with van der Waals surface area (Å²) in [6.07, 6.45) is 0. The van der Waals surface area contributed by atoms with Crippen LogP contribution in [0.3, 0.4) is 0 Å². The number of benzene rings is 1. The Bertz CT molecular complexity index is 727. The lowest BCUT2D eigenvalue weighted by molar-refractivity contribution is -0.118. The number of methoxy groups -OCH3 is 1. The molecule has 7 heteroatoms. The Balaban J connectivity index is 1.98. The van der Waals surface area contributed by atoms with E-state index in [2.05, 4.69) is 10.3 Å². The second kappa shape index (κ2) is 8.75. The number of hydrogen-bond acceptors (Lipinski definition) is 5. The third kappa shape index (κ3) is 5.28. The molecule has 1 aromatic carbocycles. The summed E-state index contributed by atoms with van der Waals surface area (Å²) >= 11 is 0. The number of aryl methyl sites for hydroxylation is 2. The summed E-state index contributed by atoms with van der Waals surface area (Å²) < 4.78 is 22.7. The Morgan fingerprint density at radius 2 is 2.17 bits per heavy atom. The number of aromatic nitrogens is 1. The van der Waals surface area contributed by atoms with Crippen LogP contribution in [0.15, 0.2) is 28.7 Å². The Kier molecular flexibility index (Phi) is 6.69. The van der Waals surface area contributed by atoms with Gasteiger partial charge in [-0.25, -0.2) is 4.98 Å². The minimum atomic E-state index is -1.34. The molecule has 1 atom stereocenters. The molecule has 0 saturated carbocycles. The van der Waals surface area contributed by atoms with Crippen LogP contribution in [0.5, 0.6) is 0 Å². The minimum absolute atomic E-state index is 0.0597. The maximum atomic E-state index is 12.1. The first kappa shape index (κ1) is 18.4. The van der Waals surface area contributed by atoms with Gasteiger partial charge >= 0.3 is 0 Å². The van der Waals surface area contributed by atoms with Crippen molar-refractivity contribution < 1.29 is 18.2 Å². The van der Waals surface area contributed by atoms with Crippen molar-refractivity contribution in [3.8, 4) is 11.5 Å². The van der Waals surface area contributed by atoms with E-state index >= 15 is 0 Å². The molecule has 24 heavy (non-hydrogen) atoms. The SMILES string of the molecule is COCCNC(=O)C[S@@](=O)Cc1nc(-c2cccc(C)c2)oc1C. The number of nitrogens with zero attached hydrogens (tertiary/aromatic N) is 1. The normalized spacial score (nSPS) is 12.1. The zero-order chi connectivity index (χ0) is 17.5. The van der Waals surface area contributed by atoms with Crippen LogP contribution in [0.25, 0.3) is 11.5 Å². The van der Waals surface area contributed by atoms with Crippen LogP contribution in [0.1, 0.15) is 17.0 Å². The lowest BCUT2D eigenvalue weighted by Crippen LogP contribution is -2.31. The third-order valence-corrected chi connectivity index (χ3v) is 4.56. The number of oxazole rings is 1. The fourth-order valence-corrected chi connectivity index (χ4v) is 3.23. The Morgan fingerprint density at radius 3 is 2.88 bits per heavy atom. The van der Waals surface area contributed by atoms with Crippen molar-refractivity contribution in [3.63, 3.8) is 0 Å². The number of carbonyl (C=O) groups excluding carboxylic acids is 1. The standard InChI is InChI=1S/C17H22N2O4S/c1-12-5-4-6-14(9-12)17-19-15(13(2)23-17)10-24(21)11-16(20)18-7-8-22-3/h4-6,9H,7-8,10-11H2,1-3H3,(H,18,20)/t24-/m0/s1. The largest absolute Gasteiger partial charge is 0.441 e. The molecule has 2 rings (SSSR count). The molecule has 1 amide bonds. The molecule has 0 aliphatic heterocycles. The topological polar surface area (TPSA) is 81.4 Å². The summed E-state index contributed by atoms with van der Waals surface area (Å²) in [4.78, 5) is 16.1. The molecular formula is C17H22N2O4S. The van der Waals surface area contributed by atoms with Crippen molar-refractivity contribution in [2.24, 2.45) is 0 Å². The van der Waals surface area contributed by atoms with Crippen molar-refractivity contribution >= 4 is 16.7 Å². The zero-order valence-corrected chi connectivity index (χ0v) is 14.9. The molecule has 2 aromatic rings. The van der Waals surface area contributed by atoms with Gasteiger partial charge in [-0.3, -0.25) is 9.00 Å². The van der Waals surface area contributed by atoms with E-state index in [0.29, 0.717) is 30.5 Å². The van der Waals surface area contributed by atoms with Gasteiger partial charge in [-0.15, -0.1) is 0 Å². The average molecular weight is 350 g/mol. The van der Waals surface area contributed by atoms with Crippen LogP contribution < -0.4 is 5.32 Å². The van der Waals surface area contributed by atoms with Crippen molar-refractivity contribution in [2.75, 3.05) is 26.0 Å². The van der Waals surface area contributed by atoms with Crippen LogP contribution in [-0.4, -0.2) is 41.1 Å². The maximum absolute atomic E-state index is 12.1. The van der Waals surface area contributed by atoms with Gasteiger partial charge in [-0.2, -0.15) is 0 Å². The predicted molar refractivity (Wildman–Crippen MR) is 93.0 cm³/mol. The zero-order valence-electron chi connectivity index (χ0n) is 14.1. The lowest BCUT2D eigenvalue weighted by atomic mass is 10.1. The van der Waals surface area contributed by atoms with E-state index in [-0.39, 0.29) is 17.4 Å². The van der Waals surface area contributed by atoms with Gasteiger partial charge in [-0.05, 0) is 26.0 Å². The van der Waals surface area contributed by atoms with E-state index in [1.165, 1.54) is 0 Å². The molecular weight excluding hydrogens is 328 g/mol. The number of hydrogen-bond donors (Lipinski definition) is 1. The van der Waals surface area contributed by atoms with E-state index in [9.17, 15) is 9.00 Å². The highest BCUT2D eigenvalue weighted by atomic mass is 32.2. The summed E-state index contributed by atoms with van der Waals surface area (Å²) in [5.74, 6) is 1.01. The first-order valence-corrected chi connectivity index (χ1v) is 9.12. The van der Waals surface area contributed by atoms with Crippen molar-refractivity contribution in [3.05, 3.63) is 41.3 Å². The lowest BCUT2D eigenvalue weighted by Gasteiger charge is -2.03. The molecule has 0 spiro atoms. The molecule has 0 aliphatic carbocycles. The Morgan fingerprint density at radius 1 is 1.38 bits per heavy atom. The smallest absolute Gasteiger partial charge is 0.232 e. The number of nitrogens with one attached hydrogen (secondary N) is 1. The van der Waals surface area contributed by atoms with Gasteiger partial charge in [0.05, 0.1) is 18.1 Å². The molecule has 0 fully saturated rings. The summed E-state index contributed by atoms with van der Waals surface area (Å²) in [6.45, 7) is 4.63. The molecule has 0 aliphatic rings. The number of ether oxygens (including phenoxy) is 1. The first-order valence-electron chi connectivity index (χ1n) is 7.63. The minimum Gasteiger partial charge on any atom is -0.441 e. The predicted octanol–water partition coefficient (Wildman–Crippen LogP) is 1.97. The van der Waals surface area contributed by atoms with Crippen molar-refractivity contribution in [2.45, 2.75) is 19.6 Å². The molecule has 6 nitrogen and oxygen atoms in total. The second-order valence-electron chi connectivity index (χ2n) is 5.46. The third-order valence-electron chi connectivity index (χ3n) is 3.38. The summed E-state index contributed by atoms with van der Waals surface area (Å²) in [6, 6.07) is 7.83. The van der Waals surface area contributed by atoms with Gasteiger partial charge in [0.2, 0.25) is 11.8 Å². The highest BCUT2D eigenvalue weighted by molar-refractivity contribution is 7.84. The van der Waals surface area contributed by atoms with E-state index in [0.717, 1.165) is 11.1 Å². The van der Waals surface area contributed by atoms with Crippen LogP contribution in [0.4, 0.5) is 0 Å². The Labute approximate surface area is 144 Å². The van der Waals surface area contributed by atoms with Crippen LogP contribution in [-0.2, 0) is 26.1 Å². The molecule has 0 unspecified atom stereocenters. The summed E-state index contributed by atoms with van der Waals surface area (Å²) in [5, 5.41) is 2.65. The van der Waals surface area contributed by atoms with E-state index in [1.807, 2.05) is 31.2 Å². The first-order chi connectivity index (χ1) is 11.5. The molecule has 1 aromatic heterocycles. The van der Waals surface area contributed by atoms with Crippen LogP contribution in [0.2, 0.25) is 0 Å². The van der Waals surface area contributed by atoms with Crippen molar-refractivity contribution in [1.29, 1.82) is 0 Å². The quantitative estimate of drug-likeness (QED) is 0.736.